The Hall–Kier alpha value is -1.85. The summed E-state index contributed by atoms with van der Waals surface area (Å²) < 4.78 is 0. The number of carbonyl (C=O) groups is 1. The van der Waals surface area contributed by atoms with E-state index in [0.29, 0.717) is 18.1 Å². The standard InChI is InChI=1S/C19H21ClN2O2S/c1-14(25-16-8-6-15(20)7-9-16)19(24)22-12-10-21(11-13-22)17-4-2-3-5-18(17)23/h2-9,14,23H,10-13H2,1H3/t14-/m1/s1. The largest absolute Gasteiger partial charge is 0.506 e. The van der Waals surface area contributed by atoms with Gasteiger partial charge < -0.3 is 14.9 Å². The lowest BCUT2D eigenvalue weighted by Gasteiger charge is -2.37. The second kappa shape index (κ2) is 8.02. The first-order valence-corrected chi connectivity index (χ1v) is 9.54. The van der Waals surface area contributed by atoms with E-state index in [-0.39, 0.29) is 16.9 Å². The number of benzene rings is 2. The summed E-state index contributed by atoms with van der Waals surface area (Å²) in [5.41, 5.74) is 0.832. The van der Waals surface area contributed by atoms with Crippen molar-refractivity contribution in [2.45, 2.75) is 17.1 Å². The van der Waals surface area contributed by atoms with Crippen LogP contribution >= 0.6 is 23.4 Å². The van der Waals surface area contributed by atoms with Gasteiger partial charge in [-0.3, -0.25) is 4.79 Å². The highest BCUT2D eigenvalue weighted by molar-refractivity contribution is 8.00. The van der Waals surface area contributed by atoms with Gasteiger partial charge >= 0.3 is 0 Å². The number of nitrogens with zero attached hydrogens (tertiary/aromatic N) is 2. The minimum Gasteiger partial charge on any atom is -0.506 e. The first-order chi connectivity index (χ1) is 12.0. The number of anilines is 1. The maximum Gasteiger partial charge on any atom is 0.235 e. The van der Waals surface area contributed by atoms with E-state index in [0.717, 1.165) is 23.7 Å². The zero-order chi connectivity index (χ0) is 17.8. The van der Waals surface area contributed by atoms with E-state index in [2.05, 4.69) is 4.90 Å². The maximum atomic E-state index is 12.7. The zero-order valence-corrected chi connectivity index (χ0v) is 15.6. The molecular formula is C19H21ClN2O2S. The summed E-state index contributed by atoms with van der Waals surface area (Å²) >= 11 is 7.45. The molecule has 1 amide bonds. The molecule has 0 bridgehead atoms. The molecule has 1 aliphatic heterocycles. The molecular weight excluding hydrogens is 356 g/mol. The number of piperazine rings is 1. The molecule has 1 heterocycles. The lowest BCUT2D eigenvalue weighted by molar-refractivity contribution is -0.130. The number of halogens is 1. The number of thioether (sulfide) groups is 1. The van der Waals surface area contributed by atoms with Gasteiger partial charge in [-0.1, -0.05) is 23.7 Å². The number of hydrogen-bond donors (Lipinski definition) is 1. The van der Waals surface area contributed by atoms with Crippen molar-refractivity contribution in [2.75, 3.05) is 31.1 Å². The third-order valence-corrected chi connectivity index (χ3v) is 5.64. The lowest BCUT2D eigenvalue weighted by atomic mass is 10.2. The van der Waals surface area contributed by atoms with Crippen LogP contribution in [0.1, 0.15) is 6.92 Å². The van der Waals surface area contributed by atoms with E-state index in [1.165, 1.54) is 0 Å². The van der Waals surface area contributed by atoms with Crippen molar-refractivity contribution < 1.29 is 9.90 Å². The predicted molar refractivity (Wildman–Crippen MR) is 104 cm³/mol. The summed E-state index contributed by atoms with van der Waals surface area (Å²) in [4.78, 5) is 17.8. The molecule has 1 atom stereocenters. The van der Waals surface area contributed by atoms with Crippen LogP contribution in [0.3, 0.4) is 0 Å². The van der Waals surface area contributed by atoms with Crippen molar-refractivity contribution in [1.29, 1.82) is 0 Å². The molecule has 1 aliphatic rings. The smallest absolute Gasteiger partial charge is 0.235 e. The average molecular weight is 377 g/mol. The summed E-state index contributed by atoms with van der Waals surface area (Å²) in [7, 11) is 0. The van der Waals surface area contributed by atoms with Gasteiger partial charge in [-0.05, 0) is 43.3 Å². The van der Waals surface area contributed by atoms with E-state index in [1.807, 2.05) is 54.3 Å². The maximum absolute atomic E-state index is 12.7. The third-order valence-electron chi connectivity index (χ3n) is 4.29. The van der Waals surface area contributed by atoms with Gasteiger partial charge in [-0.15, -0.1) is 11.8 Å². The van der Waals surface area contributed by atoms with Crippen LogP contribution in [0.2, 0.25) is 5.02 Å². The zero-order valence-electron chi connectivity index (χ0n) is 14.1. The number of para-hydroxylation sites is 2. The van der Waals surface area contributed by atoms with Crippen molar-refractivity contribution in [1.82, 2.24) is 4.90 Å². The van der Waals surface area contributed by atoms with Crippen LogP contribution in [-0.2, 0) is 4.79 Å². The summed E-state index contributed by atoms with van der Waals surface area (Å²) in [6, 6.07) is 14.9. The van der Waals surface area contributed by atoms with Crippen molar-refractivity contribution in [3.63, 3.8) is 0 Å². The Kier molecular flexibility index (Phi) is 5.76. The van der Waals surface area contributed by atoms with Crippen LogP contribution in [0.4, 0.5) is 5.69 Å². The highest BCUT2D eigenvalue weighted by Crippen LogP contribution is 2.29. The first-order valence-electron chi connectivity index (χ1n) is 8.28. The second-order valence-corrected chi connectivity index (χ2v) is 7.87. The van der Waals surface area contributed by atoms with Gasteiger partial charge in [0.15, 0.2) is 0 Å². The van der Waals surface area contributed by atoms with E-state index in [1.54, 1.807) is 17.8 Å². The second-order valence-electron chi connectivity index (χ2n) is 6.02. The molecule has 1 N–H and O–H groups in total. The lowest BCUT2D eigenvalue weighted by Crippen LogP contribution is -2.50. The number of phenols is 1. The first kappa shape index (κ1) is 18.0. The van der Waals surface area contributed by atoms with Crippen molar-refractivity contribution in [3.8, 4) is 5.75 Å². The monoisotopic (exact) mass is 376 g/mol. The van der Waals surface area contributed by atoms with Crippen LogP contribution in [0, 0.1) is 0 Å². The van der Waals surface area contributed by atoms with Crippen LogP contribution in [0.15, 0.2) is 53.4 Å². The third kappa shape index (κ3) is 4.41. The molecule has 0 unspecified atom stereocenters. The SMILES string of the molecule is C[C@@H](Sc1ccc(Cl)cc1)C(=O)N1CCN(c2ccccc2O)CC1. The van der Waals surface area contributed by atoms with Crippen molar-refractivity contribution >= 4 is 35.0 Å². The number of aromatic hydroxyl groups is 1. The average Bonchev–Trinajstić information content (AvgIpc) is 2.63. The van der Waals surface area contributed by atoms with E-state index >= 15 is 0 Å². The molecule has 1 fully saturated rings. The molecule has 0 saturated carbocycles. The Bertz CT molecular complexity index is 730. The molecule has 132 valence electrons. The summed E-state index contributed by atoms with van der Waals surface area (Å²) in [6.45, 7) is 4.72. The quantitative estimate of drug-likeness (QED) is 0.822. The molecule has 6 heteroatoms. The fourth-order valence-electron chi connectivity index (χ4n) is 2.92. The Morgan fingerprint density at radius 2 is 1.72 bits per heavy atom. The van der Waals surface area contributed by atoms with Crippen LogP contribution in [-0.4, -0.2) is 47.3 Å². The van der Waals surface area contributed by atoms with Crippen molar-refractivity contribution in [2.24, 2.45) is 0 Å². The minimum atomic E-state index is -0.141. The van der Waals surface area contributed by atoms with Gasteiger partial charge in [0, 0.05) is 36.1 Å². The molecule has 3 rings (SSSR count). The number of hydrogen-bond acceptors (Lipinski definition) is 4. The Labute approximate surface area is 157 Å². The topological polar surface area (TPSA) is 43.8 Å². The van der Waals surface area contributed by atoms with E-state index < -0.39 is 0 Å². The molecule has 2 aromatic carbocycles. The molecule has 0 aromatic heterocycles. The van der Waals surface area contributed by atoms with Gasteiger partial charge in [-0.2, -0.15) is 0 Å². The van der Waals surface area contributed by atoms with Gasteiger partial charge in [0.1, 0.15) is 5.75 Å². The van der Waals surface area contributed by atoms with Gasteiger partial charge in [-0.25, -0.2) is 0 Å². The summed E-state index contributed by atoms with van der Waals surface area (Å²) in [5.74, 6) is 0.436. The minimum absolute atomic E-state index is 0.141. The normalized spacial score (nSPS) is 15.9. The summed E-state index contributed by atoms with van der Waals surface area (Å²) in [6.07, 6.45) is 0. The summed E-state index contributed by atoms with van der Waals surface area (Å²) in [5, 5.41) is 10.5. The molecule has 0 spiro atoms. The highest BCUT2D eigenvalue weighted by atomic mass is 35.5. The van der Waals surface area contributed by atoms with Gasteiger partial charge in [0.05, 0.1) is 10.9 Å². The van der Waals surface area contributed by atoms with Gasteiger partial charge in [0.2, 0.25) is 5.91 Å². The fraction of sp³-hybridized carbons (Fsp3) is 0.316. The number of phenolic OH excluding ortho intramolecular Hbond substituents is 1. The molecule has 2 aromatic rings. The molecule has 4 nitrogen and oxygen atoms in total. The Morgan fingerprint density at radius 3 is 2.36 bits per heavy atom. The Balaban J connectivity index is 1.56. The highest BCUT2D eigenvalue weighted by Gasteiger charge is 2.26. The van der Waals surface area contributed by atoms with E-state index in [4.69, 9.17) is 11.6 Å². The van der Waals surface area contributed by atoms with Gasteiger partial charge in [0.25, 0.3) is 0 Å². The number of carbonyl (C=O) groups excluding carboxylic acids is 1. The predicted octanol–water partition coefficient (Wildman–Crippen LogP) is 3.88. The van der Waals surface area contributed by atoms with Crippen molar-refractivity contribution in [3.05, 3.63) is 53.6 Å². The Morgan fingerprint density at radius 1 is 1.08 bits per heavy atom. The fourth-order valence-corrected chi connectivity index (χ4v) is 4.00. The molecule has 0 radical (unpaired) electrons. The molecule has 1 saturated heterocycles. The number of rotatable bonds is 4. The van der Waals surface area contributed by atoms with Crippen LogP contribution in [0.5, 0.6) is 5.75 Å². The molecule has 25 heavy (non-hydrogen) atoms. The number of amides is 1. The molecule has 0 aliphatic carbocycles. The van der Waals surface area contributed by atoms with Crippen LogP contribution < -0.4 is 4.90 Å². The van der Waals surface area contributed by atoms with Crippen LogP contribution in [0.25, 0.3) is 0 Å². The van der Waals surface area contributed by atoms with E-state index in [9.17, 15) is 9.90 Å².